The lowest BCUT2D eigenvalue weighted by Crippen LogP contribution is -2.13. The third-order valence-corrected chi connectivity index (χ3v) is 3.04. The van der Waals surface area contributed by atoms with Gasteiger partial charge in [-0.15, -0.1) is 12.4 Å². The Bertz CT molecular complexity index is 410. The number of unbranched alkanes of at least 4 members (excludes halogenated alkanes) is 2. The molecule has 1 rings (SSSR count). The zero-order chi connectivity index (χ0) is 14.5. The minimum absolute atomic E-state index is 0. The molecule has 0 spiro atoms. The molecule has 1 atom stereocenters. The van der Waals surface area contributed by atoms with Crippen LogP contribution in [0, 0.1) is 0 Å². The zero-order valence-corrected chi connectivity index (χ0v) is 12.5. The van der Waals surface area contributed by atoms with Crippen molar-refractivity contribution in [3.8, 4) is 5.75 Å². The van der Waals surface area contributed by atoms with Crippen LogP contribution < -0.4 is 10.5 Å². The van der Waals surface area contributed by atoms with Gasteiger partial charge >= 0.3 is 6.18 Å². The number of benzene rings is 1. The van der Waals surface area contributed by atoms with Crippen LogP contribution in [0.15, 0.2) is 18.2 Å². The Morgan fingerprint density at radius 1 is 1.20 bits per heavy atom. The van der Waals surface area contributed by atoms with Gasteiger partial charge in [-0.2, -0.15) is 13.2 Å². The molecule has 0 aliphatic rings. The van der Waals surface area contributed by atoms with Crippen LogP contribution in [0.25, 0.3) is 0 Å². The van der Waals surface area contributed by atoms with Crippen LogP contribution >= 0.6 is 12.4 Å². The molecule has 116 valence electrons. The summed E-state index contributed by atoms with van der Waals surface area (Å²) < 4.78 is 43.2. The van der Waals surface area contributed by atoms with Crippen LogP contribution in [0.3, 0.4) is 0 Å². The Hall–Kier alpha value is -0.940. The largest absolute Gasteiger partial charge is 0.497 e. The molecule has 0 aromatic heterocycles. The molecule has 0 radical (unpaired) electrons. The van der Waals surface area contributed by atoms with Crippen molar-refractivity contribution in [1.82, 2.24) is 0 Å². The van der Waals surface area contributed by atoms with E-state index in [4.69, 9.17) is 10.5 Å². The summed E-state index contributed by atoms with van der Waals surface area (Å²) in [7, 11) is 1.35. The Kier molecular flexibility index (Phi) is 7.98. The highest BCUT2D eigenvalue weighted by molar-refractivity contribution is 5.85. The monoisotopic (exact) mass is 311 g/mol. The smallest absolute Gasteiger partial charge is 0.416 e. The summed E-state index contributed by atoms with van der Waals surface area (Å²) in [6.45, 7) is 2.07. The molecular weight excluding hydrogens is 291 g/mol. The van der Waals surface area contributed by atoms with Gasteiger partial charge < -0.3 is 10.5 Å². The average Bonchev–Trinajstić information content (AvgIpc) is 2.37. The van der Waals surface area contributed by atoms with E-state index in [0.29, 0.717) is 12.0 Å². The van der Waals surface area contributed by atoms with Crippen LogP contribution in [0.2, 0.25) is 0 Å². The molecule has 0 aliphatic heterocycles. The Labute approximate surface area is 123 Å². The van der Waals surface area contributed by atoms with Gasteiger partial charge in [0.1, 0.15) is 5.75 Å². The molecule has 0 unspecified atom stereocenters. The lowest BCUT2D eigenvalue weighted by Gasteiger charge is -2.16. The molecule has 0 saturated carbocycles. The van der Waals surface area contributed by atoms with Crippen molar-refractivity contribution < 1.29 is 17.9 Å². The van der Waals surface area contributed by atoms with Gasteiger partial charge in [-0.05, 0) is 30.2 Å². The van der Waals surface area contributed by atoms with Gasteiger partial charge in [-0.25, -0.2) is 0 Å². The van der Waals surface area contributed by atoms with E-state index >= 15 is 0 Å². The van der Waals surface area contributed by atoms with Gasteiger partial charge in [0.05, 0.1) is 12.7 Å². The Balaban J connectivity index is 0.00000361. The number of ether oxygens (including phenoxy) is 1. The van der Waals surface area contributed by atoms with Crippen molar-refractivity contribution in [1.29, 1.82) is 0 Å². The number of alkyl halides is 3. The first-order valence-corrected chi connectivity index (χ1v) is 6.40. The fraction of sp³-hybridized carbons (Fsp3) is 0.571. The number of halogens is 4. The molecule has 1 aromatic carbocycles. The number of methoxy groups -OCH3 is 1. The van der Waals surface area contributed by atoms with E-state index in [1.54, 1.807) is 6.07 Å². The molecule has 1 aromatic rings. The maximum absolute atomic E-state index is 12.8. The third-order valence-electron chi connectivity index (χ3n) is 3.04. The van der Waals surface area contributed by atoms with Crippen molar-refractivity contribution >= 4 is 12.4 Å². The van der Waals surface area contributed by atoms with Gasteiger partial charge in [-0.1, -0.05) is 26.2 Å². The van der Waals surface area contributed by atoms with Gasteiger partial charge in [0.25, 0.3) is 0 Å². The first-order chi connectivity index (χ1) is 8.88. The van der Waals surface area contributed by atoms with Gasteiger partial charge in [0.15, 0.2) is 0 Å². The Morgan fingerprint density at radius 3 is 2.35 bits per heavy atom. The normalized spacial score (nSPS) is 12.7. The van der Waals surface area contributed by atoms with Crippen molar-refractivity contribution in [2.24, 2.45) is 5.73 Å². The maximum Gasteiger partial charge on any atom is 0.416 e. The highest BCUT2D eigenvalue weighted by Gasteiger charge is 2.31. The second kappa shape index (κ2) is 8.37. The first kappa shape index (κ1) is 19.1. The van der Waals surface area contributed by atoms with Crippen molar-refractivity contribution in [3.63, 3.8) is 0 Å². The minimum atomic E-state index is -4.38. The summed E-state index contributed by atoms with van der Waals surface area (Å²) in [6.07, 6.45) is -0.705. The average molecular weight is 312 g/mol. The molecule has 2 N–H and O–H groups in total. The molecule has 0 amide bonds. The van der Waals surface area contributed by atoms with Crippen LogP contribution in [0.5, 0.6) is 5.75 Å². The number of rotatable bonds is 6. The quantitative estimate of drug-likeness (QED) is 0.772. The van der Waals surface area contributed by atoms with Crippen molar-refractivity contribution in [3.05, 3.63) is 29.3 Å². The molecule has 2 nitrogen and oxygen atoms in total. The lowest BCUT2D eigenvalue weighted by molar-refractivity contribution is -0.137. The summed E-state index contributed by atoms with van der Waals surface area (Å²) in [5.41, 5.74) is 5.71. The van der Waals surface area contributed by atoms with Crippen molar-refractivity contribution in [2.45, 2.75) is 44.8 Å². The molecule has 0 aliphatic carbocycles. The summed E-state index contributed by atoms with van der Waals surface area (Å²) in [5.74, 6) is 0.191. The zero-order valence-electron chi connectivity index (χ0n) is 11.7. The van der Waals surface area contributed by atoms with Crippen LogP contribution in [-0.4, -0.2) is 7.11 Å². The minimum Gasteiger partial charge on any atom is -0.497 e. The van der Waals surface area contributed by atoms with E-state index in [9.17, 15) is 13.2 Å². The number of nitrogens with two attached hydrogens (primary N) is 1. The van der Waals surface area contributed by atoms with Gasteiger partial charge in [-0.3, -0.25) is 0 Å². The molecule has 0 heterocycles. The molecule has 20 heavy (non-hydrogen) atoms. The first-order valence-electron chi connectivity index (χ1n) is 6.40. The maximum atomic E-state index is 12.8. The SMILES string of the molecule is CCCCC[C@H](N)c1cc(OC)cc(C(F)(F)F)c1.Cl. The highest BCUT2D eigenvalue weighted by Crippen LogP contribution is 2.34. The second-order valence-electron chi connectivity index (χ2n) is 4.59. The standard InChI is InChI=1S/C14H20F3NO.ClH/c1-3-4-5-6-13(18)10-7-11(14(15,16)17)9-12(8-10)19-2;/h7-9,13H,3-6,18H2,1-2H3;1H/t13-;/m0./s1. The number of hydrogen-bond donors (Lipinski definition) is 1. The number of hydrogen-bond acceptors (Lipinski definition) is 2. The highest BCUT2D eigenvalue weighted by atomic mass is 35.5. The summed E-state index contributed by atoms with van der Waals surface area (Å²) in [6, 6.07) is 3.29. The van der Waals surface area contributed by atoms with Crippen LogP contribution in [-0.2, 0) is 6.18 Å². The van der Waals surface area contributed by atoms with E-state index in [0.717, 1.165) is 31.4 Å². The summed E-state index contributed by atoms with van der Waals surface area (Å²) >= 11 is 0. The summed E-state index contributed by atoms with van der Waals surface area (Å²) in [5, 5.41) is 0. The predicted molar refractivity (Wildman–Crippen MR) is 76.3 cm³/mol. The summed E-state index contributed by atoms with van der Waals surface area (Å²) in [4.78, 5) is 0. The second-order valence-corrected chi connectivity index (χ2v) is 4.59. The third kappa shape index (κ3) is 5.59. The molecule has 0 bridgehead atoms. The van der Waals surface area contributed by atoms with Gasteiger partial charge in [0, 0.05) is 6.04 Å². The molecule has 0 fully saturated rings. The fourth-order valence-corrected chi connectivity index (χ4v) is 1.90. The van der Waals surface area contributed by atoms with Crippen LogP contribution in [0.4, 0.5) is 13.2 Å². The van der Waals surface area contributed by atoms with Crippen LogP contribution in [0.1, 0.15) is 49.8 Å². The van der Waals surface area contributed by atoms with E-state index in [1.807, 2.05) is 0 Å². The molecular formula is C14H21ClF3NO. The van der Waals surface area contributed by atoms with E-state index in [-0.39, 0.29) is 24.2 Å². The van der Waals surface area contributed by atoms with E-state index in [1.165, 1.54) is 7.11 Å². The van der Waals surface area contributed by atoms with Gasteiger partial charge in [0.2, 0.25) is 0 Å². The molecule has 6 heteroatoms. The Morgan fingerprint density at radius 2 is 1.85 bits per heavy atom. The van der Waals surface area contributed by atoms with Crippen molar-refractivity contribution in [2.75, 3.05) is 7.11 Å². The van der Waals surface area contributed by atoms with E-state index in [2.05, 4.69) is 6.92 Å². The van der Waals surface area contributed by atoms with E-state index < -0.39 is 11.7 Å². The fourth-order valence-electron chi connectivity index (χ4n) is 1.90. The molecule has 0 saturated heterocycles. The topological polar surface area (TPSA) is 35.2 Å². The predicted octanol–water partition coefficient (Wildman–Crippen LogP) is 4.72. The lowest BCUT2D eigenvalue weighted by atomic mass is 9.99.